The Bertz CT molecular complexity index is 942. The first-order chi connectivity index (χ1) is 11.3. The number of aromatic amines is 2. The van der Waals surface area contributed by atoms with Gasteiger partial charge in [-0.15, -0.1) is 0 Å². The van der Waals surface area contributed by atoms with Crippen LogP contribution in [0.4, 0.5) is 10.2 Å². The van der Waals surface area contributed by atoms with Crippen molar-refractivity contribution in [2.75, 3.05) is 5.32 Å². The molecule has 3 heterocycles. The van der Waals surface area contributed by atoms with Gasteiger partial charge in [0.1, 0.15) is 23.5 Å². The zero-order valence-corrected chi connectivity index (χ0v) is 11.9. The molecule has 0 aliphatic rings. The normalized spacial score (nSPS) is 11.0. The van der Waals surface area contributed by atoms with Gasteiger partial charge in [-0.3, -0.25) is 0 Å². The molecule has 0 spiro atoms. The molecular formula is C15H12FN7. The number of fused-ring (bicyclic) bond motifs is 1. The molecule has 4 aromatic rings. The maximum atomic E-state index is 13.0. The van der Waals surface area contributed by atoms with E-state index in [1.165, 1.54) is 18.5 Å². The first-order valence-corrected chi connectivity index (χ1v) is 6.97. The number of hydrogen-bond donors (Lipinski definition) is 3. The van der Waals surface area contributed by atoms with E-state index in [1.54, 1.807) is 24.7 Å². The van der Waals surface area contributed by atoms with E-state index >= 15 is 0 Å². The molecule has 0 saturated carbocycles. The average molecular weight is 309 g/mol. The largest absolute Gasteiger partial charge is 0.361 e. The van der Waals surface area contributed by atoms with Crippen molar-refractivity contribution in [3.63, 3.8) is 0 Å². The van der Waals surface area contributed by atoms with Gasteiger partial charge in [0, 0.05) is 0 Å². The Kier molecular flexibility index (Phi) is 3.19. The van der Waals surface area contributed by atoms with Gasteiger partial charge >= 0.3 is 0 Å². The highest BCUT2D eigenvalue weighted by molar-refractivity contribution is 5.81. The minimum absolute atomic E-state index is 0.262. The van der Waals surface area contributed by atoms with Crippen LogP contribution >= 0.6 is 0 Å². The minimum Gasteiger partial charge on any atom is -0.361 e. The molecule has 114 valence electrons. The summed E-state index contributed by atoms with van der Waals surface area (Å²) in [5, 5.41) is 3.19. The van der Waals surface area contributed by atoms with Crippen molar-refractivity contribution in [2.24, 2.45) is 0 Å². The third kappa shape index (κ3) is 2.61. The number of rotatable bonds is 4. The first-order valence-electron chi connectivity index (χ1n) is 6.97. The second-order valence-electron chi connectivity index (χ2n) is 4.93. The van der Waals surface area contributed by atoms with Crippen LogP contribution in [0.5, 0.6) is 0 Å². The van der Waals surface area contributed by atoms with E-state index in [4.69, 9.17) is 0 Å². The van der Waals surface area contributed by atoms with Crippen molar-refractivity contribution in [1.29, 1.82) is 0 Å². The van der Waals surface area contributed by atoms with Crippen LogP contribution in [0.2, 0.25) is 0 Å². The second kappa shape index (κ2) is 5.48. The summed E-state index contributed by atoms with van der Waals surface area (Å²) in [4.78, 5) is 22.8. The highest BCUT2D eigenvalue weighted by Crippen LogP contribution is 2.18. The molecular weight excluding hydrogens is 297 g/mol. The Morgan fingerprint density at radius 2 is 1.91 bits per heavy atom. The molecule has 0 bridgehead atoms. The average Bonchev–Trinajstić information content (AvgIpc) is 3.23. The van der Waals surface area contributed by atoms with E-state index < -0.39 is 0 Å². The summed E-state index contributed by atoms with van der Waals surface area (Å²) in [5.74, 6) is 1.14. The molecule has 3 N–H and O–H groups in total. The molecule has 0 atom stereocenters. The van der Waals surface area contributed by atoms with Gasteiger partial charge < -0.3 is 15.3 Å². The van der Waals surface area contributed by atoms with Crippen molar-refractivity contribution < 1.29 is 4.39 Å². The van der Waals surface area contributed by atoms with Crippen LogP contribution in [0.3, 0.4) is 0 Å². The van der Waals surface area contributed by atoms with Crippen molar-refractivity contribution in [3.8, 4) is 11.3 Å². The molecule has 4 rings (SSSR count). The fourth-order valence-corrected chi connectivity index (χ4v) is 2.29. The topological polar surface area (TPSA) is 95.2 Å². The number of anilines is 1. The van der Waals surface area contributed by atoms with Crippen LogP contribution in [-0.4, -0.2) is 29.9 Å². The summed E-state index contributed by atoms with van der Waals surface area (Å²) < 4.78 is 13.0. The van der Waals surface area contributed by atoms with Crippen molar-refractivity contribution in [2.45, 2.75) is 6.54 Å². The molecule has 0 saturated heterocycles. The number of H-pyrrole nitrogens is 2. The van der Waals surface area contributed by atoms with Crippen LogP contribution in [0.25, 0.3) is 22.4 Å². The maximum Gasteiger partial charge on any atom is 0.182 e. The Morgan fingerprint density at radius 1 is 1.04 bits per heavy atom. The third-order valence-electron chi connectivity index (χ3n) is 3.43. The van der Waals surface area contributed by atoms with Crippen molar-refractivity contribution in [3.05, 3.63) is 54.8 Å². The minimum atomic E-state index is -0.262. The van der Waals surface area contributed by atoms with Crippen LogP contribution in [0, 0.1) is 5.82 Å². The van der Waals surface area contributed by atoms with Gasteiger partial charge in [-0.1, -0.05) is 0 Å². The lowest BCUT2D eigenvalue weighted by Gasteiger charge is -2.03. The number of nitrogens with one attached hydrogen (secondary N) is 3. The summed E-state index contributed by atoms with van der Waals surface area (Å²) in [5.41, 5.74) is 3.06. The molecule has 0 amide bonds. The van der Waals surface area contributed by atoms with E-state index in [0.717, 1.165) is 22.6 Å². The van der Waals surface area contributed by atoms with Crippen LogP contribution in [0.1, 0.15) is 5.82 Å². The molecule has 0 unspecified atom stereocenters. The molecule has 0 radical (unpaired) electrons. The Balaban J connectivity index is 1.52. The van der Waals surface area contributed by atoms with Gasteiger partial charge in [0.15, 0.2) is 11.5 Å². The fraction of sp³-hybridized carbons (Fsp3) is 0.0667. The van der Waals surface area contributed by atoms with Gasteiger partial charge in [0.05, 0.1) is 24.8 Å². The molecule has 1 aromatic carbocycles. The van der Waals surface area contributed by atoms with E-state index in [0.29, 0.717) is 18.0 Å². The molecule has 0 fully saturated rings. The number of nitrogens with zero attached hydrogens (tertiary/aromatic N) is 4. The van der Waals surface area contributed by atoms with Crippen molar-refractivity contribution >= 4 is 17.0 Å². The molecule has 7 nitrogen and oxygen atoms in total. The van der Waals surface area contributed by atoms with Crippen LogP contribution in [-0.2, 0) is 6.54 Å². The maximum absolute atomic E-state index is 13.0. The summed E-state index contributed by atoms with van der Waals surface area (Å²) >= 11 is 0. The molecule has 23 heavy (non-hydrogen) atoms. The standard InChI is InChI=1S/C15H12FN7/c16-10-3-1-9(2-4-10)11-5-17-12(23-11)6-18-14-13-15(20-7-19-13)22-8-21-14/h1-5,7-8H,6H2,(H,17,23)(H2,18,19,20,21,22). The zero-order chi connectivity index (χ0) is 15.6. The highest BCUT2D eigenvalue weighted by Gasteiger charge is 2.07. The smallest absolute Gasteiger partial charge is 0.182 e. The van der Waals surface area contributed by atoms with Gasteiger partial charge in [0.2, 0.25) is 0 Å². The number of benzene rings is 1. The van der Waals surface area contributed by atoms with Crippen LogP contribution < -0.4 is 5.32 Å². The predicted molar refractivity (Wildman–Crippen MR) is 83.0 cm³/mol. The van der Waals surface area contributed by atoms with Gasteiger partial charge in [0.25, 0.3) is 0 Å². The third-order valence-corrected chi connectivity index (χ3v) is 3.43. The monoisotopic (exact) mass is 309 g/mol. The lowest BCUT2D eigenvalue weighted by atomic mass is 10.2. The van der Waals surface area contributed by atoms with Gasteiger partial charge in [-0.05, 0) is 29.8 Å². The van der Waals surface area contributed by atoms with E-state index in [-0.39, 0.29) is 5.82 Å². The summed E-state index contributed by atoms with van der Waals surface area (Å²) in [7, 11) is 0. The van der Waals surface area contributed by atoms with E-state index in [9.17, 15) is 4.39 Å². The summed E-state index contributed by atoms with van der Waals surface area (Å²) in [6.45, 7) is 0.465. The lowest BCUT2D eigenvalue weighted by Crippen LogP contribution is -2.04. The van der Waals surface area contributed by atoms with Gasteiger partial charge in [-0.2, -0.15) is 0 Å². The molecule has 3 aromatic heterocycles. The number of halogens is 1. The van der Waals surface area contributed by atoms with Gasteiger partial charge in [-0.25, -0.2) is 24.3 Å². The molecule has 0 aliphatic heterocycles. The lowest BCUT2D eigenvalue weighted by molar-refractivity contribution is 0.628. The Labute approximate surface area is 130 Å². The quantitative estimate of drug-likeness (QED) is 0.538. The summed E-state index contributed by atoms with van der Waals surface area (Å²) in [6, 6.07) is 6.26. The number of imidazole rings is 2. The Hall–Kier alpha value is -3.29. The molecule has 0 aliphatic carbocycles. The zero-order valence-electron chi connectivity index (χ0n) is 11.9. The second-order valence-corrected chi connectivity index (χ2v) is 4.93. The highest BCUT2D eigenvalue weighted by atomic mass is 19.1. The predicted octanol–water partition coefficient (Wildman–Crippen LogP) is 2.49. The van der Waals surface area contributed by atoms with E-state index in [1.807, 2.05) is 0 Å². The first kappa shape index (κ1) is 13.4. The molecule has 8 heteroatoms. The number of hydrogen-bond acceptors (Lipinski definition) is 5. The fourth-order valence-electron chi connectivity index (χ4n) is 2.29. The summed E-state index contributed by atoms with van der Waals surface area (Å²) in [6.07, 6.45) is 4.75. The van der Waals surface area contributed by atoms with Crippen LogP contribution in [0.15, 0.2) is 43.1 Å². The van der Waals surface area contributed by atoms with E-state index in [2.05, 4.69) is 35.2 Å². The number of aromatic nitrogens is 6. The van der Waals surface area contributed by atoms with Crippen molar-refractivity contribution in [1.82, 2.24) is 29.9 Å². The Morgan fingerprint density at radius 3 is 2.78 bits per heavy atom. The SMILES string of the molecule is Fc1ccc(-c2cnc(CNc3ncnc4nc[nH]c34)[nH]2)cc1.